The fourth-order valence-electron chi connectivity index (χ4n) is 2.63. The van der Waals surface area contributed by atoms with Crippen molar-refractivity contribution >= 4 is 21.7 Å². The first-order valence-electron chi connectivity index (χ1n) is 7.64. The molecule has 1 atom stereocenters. The van der Waals surface area contributed by atoms with Crippen molar-refractivity contribution in [3.8, 4) is 5.75 Å². The Balaban J connectivity index is 2.55. The Kier molecular flexibility index (Phi) is 8.62. The van der Waals surface area contributed by atoms with Crippen LogP contribution in [0.2, 0.25) is 0 Å². The molecule has 118 valence electrons. The van der Waals surface area contributed by atoms with E-state index in [9.17, 15) is 4.79 Å². The molecule has 1 aromatic rings. The highest BCUT2D eigenvalue weighted by molar-refractivity contribution is 9.10. The van der Waals surface area contributed by atoms with Gasteiger partial charge in [-0.1, -0.05) is 35.7 Å². The molecule has 0 radical (unpaired) electrons. The molecule has 1 aromatic carbocycles. The molecule has 0 saturated heterocycles. The Morgan fingerprint density at radius 1 is 1.33 bits per heavy atom. The Bertz CT molecular complexity index is 442. The number of hydrogen-bond acceptors (Lipinski definition) is 3. The number of benzene rings is 1. The molecular weight excluding hydrogens is 330 g/mol. The molecule has 0 aliphatic carbocycles. The number of rotatable bonds is 10. The number of nitrogens with two attached hydrogens (primary N) is 1. The van der Waals surface area contributed by atoms with Gasteiger partial charge in [0.05, 0.1) is 7.11 Å². The third kappa shape index (κ3) is 6.62. The second kappa shape index (κ2) is 9.96. The van der Waals surface area contributed by atoms with Crippen LogP contribution in [0.25, 0.3) is 0 Å². The van der Waals surface area contributed by atoms with Gasteiger partial charge in [-0.15, -0.1) is 0 Å². The smallest absolute Gasteiger partial charge is 0.137 e. The number of methoxy groups -OCH3 is 1. The fourth-order valence-corrected chi connectivity index (χ4v) is 3.04. The van der Waals surface area contributed by atoms with E-state index < -0.39 is 0 Å². The predicted molar refractivity (Wildman–Crippen MR) is 90.7 cm³/mol. The van der Waals surface area contributed by atoms with Gasteiger partial charge in [0, 0.05) is 22.9 Å². The van der Waals surface area contributed by atoms with E-state index in [-0.39, 0.29) is 5.78 Å². The van der Waals surface area contributed by atoms with Crippen molar-refractivity contribution in [2.75, 3.05) is 13.7 Å². The molecule has 0 aliphatic rings. The average Bonchev–Trinajstić information content (AvgIpc) is 2.45. The van der Waals surface area contributed by atoms with Gasteiger partial charge in [0.25, 0.3) is 0 Å². The first kappa shape index (κ1) is 18.2. The third-order valence-corrected chi connectivity index (χ3v) is 4.23. The van der Waals surface area contributed by atoms with Crippen molar-refractivity contribution in [3.05, 3.63) is 28.2 Å². The molecule has 0 saturated carbocycles. The van der Waals surface area contributed by atoms with Gasteiger partial charge in [-0.2, -0.15) is 0 Å². The summed E-state index contributed by atoms with van der Waals surface area (Å²) >= 11 is 3.44. The van der Waals surface area contributed by atoms with Gasteiger partial charge in [-0.25, -0.2) is 0 Å². The molecule has 0 amide bonds. The summed E-state index contributed by atoms with van der Waals surface area (Å²) in [5.41, 5.74) is 6.58. The molecule has 0 aliphatic heterocycles. The molecule has 1 rings (SSSR count). The number of ether oxygens (including phenoxy) is 1. The summed E-state index contributed by atoms with van der Waals surface area (Å²) in [6.07, 6.45) is 5.33. The van der Waals surface area contributed by atoms with Crippen LogP contribution in [0.1, 0.15) is 44.6 Å². The molecule has 0 fully saturated rings. The molecule has 0 aromatic heterocycles. The number of hydrogen-bond donors (Lipinski definition) is 1. The van der Waals surface area contributed by atoms with Crippen LogP contribution in [-0.2, 0) is 11.2 Å². The van der Waals surface area contributed by atoms with Crippen molar-refractivity contribution in [1.82, 2.24) is 0 Å². The lowest BCUT2D eigenvalue weighted by molar-refractivity contribution is -0.118. The zero-order valence-electron chi connectivity index (χ0n) is 13.0. The number of carbonyl (C=O) groups excluding carboxylic acids is 1. The first-order valence-corrected chi connectivity index (χ1v) is 8.44. The Labute approximate surface area is 136 Å². The van der Waals surface area contributed by atoms with E-state index in [0.717, 1.165) is 41.5 Å². The molecule has 1 unspecified atom stereocenters. The van der Waals surface area contributed by atoms with E-state index in [2.05, 4.69) is 22.9 Å². The fraction of sp³-hybridized carbons (Fsp3) is 0.588. The van der Waals surface area contributed by atoms with Gasteiger partial charge in [0.15, 0.2) is 0 Å². The normalized spacial score (nSPS) is 12.2. The van der Waals surface area contributed by atoms with Crippen molar-refractivity contribution in [3.63, 3.8) is 0 Å². The number of halogens is 1. The van der Waals surface area contributed by atoms with Crippen molar-refractivity contribution in [2.24, 2.45) is 11.7 Å². The van der Waals surface area contributed by atoms with Gasteiger partial charge in [-0.3, -0.25) is 4.79 Å². The Morgan fingerprint density at radius 3 is 2.71 bits per heavy atom. The molecule has 0 bridgehead atoms. The van der Waals surface area contributed by atoms with Crippen molar-refractivity contribution in [2.45, 2.75) is 45.4 Å². The van der Waals surface area contributed by atoms with Gasteiger partial charge in [0.2, 0.25) is 0 Å². The van der Waals surface area contributed by atoms with Crippen LogP contribution in [0, 0.1) is 5.92 Å². The quantitative estimate of drug-likeness (QED) is 0.686. The standard InChI is InChI=1S/C17H26BrNO2/c1-3-4-13(9-10-19)5-7-16(20)12-14-11-15(18)6-8-17(14)21-2/h6,8,11,13H,3-5,7,9-10,12,19H2,1-2H3. The Morgan fingerprint density at radius 2 is 2.10 bits per heavy atom. The van der Waals surface area contributed by atoms with Crippen molar-refractivity contribution in [1.29, 1.82) is 0 Å². The van der Waals surface area contributed by atoms with Crippen LogP contribution in [0.15, 0.2) is 22.7 Å². The zero-order chi connectivity index (χ0) is 15.7. The SMILES string of the molecule is CCCC(CCN)CCC(=O)Cc1cc(Br)ccc1OC. The number of ketones is 1. The summed E-state index contributed by atoms with van der Waals surface area (Å²) in [7, 11) is 1.63. The summed E-state index contributed by atoms with van der Waals surface area (Å²) in [6, 6.07) is 5.77. The van der Waals surface area contributed by atoms with Crippen LogP contribution >= 0.6 is 15.9 Å². The number of Topliss-reactive ketones (excluding diaryl/α,β-unsaturated/α-hetero) is 1. The van der Waals surface area contributed by atoms with E-state index >= 15 is 0 Å². The van der Waals surface area contributed by atoms with E-state index in [1.54, 1.807) is 7.11 Å². The summed E-state index contributed by atoms with van der Waals surface area (Å²) in [6.45, 7) is 2.88. The molecule has 21 heavy (non-hydrogen) atoms. The molecular formula is C17H26BrNO2. The maximum Gasteiger partial charge on any atom is 0.137 e. The van der Waals surface area contributed by atoms with Crippen LogP contribution in [-0.4, -0.2) is 19.4 Å². The summed E-state index contributed by atoms with van der Waals surface area (Å²) in [5, 5.41) is 0. The topological polar surface area (TPSA) is 52.3 Å². The van der Waals surface area contributed by atoms with E-state index in [1.165, 1.54) is 0 Å². The molecule has 3 nitrogen and oxygen atoms in total. The molecule has 4 heteroatoms. The Hall–Kier alpha value is -0.870. The van der Waals surface area contributed by atoms with Crippen molar-refractivity contribution < 1.29 is 9.53 Å². The minimum absolute atomic E-state index is 0.268. The second-order valence-corrected chi connectivity index (χ2v) is 6.36. The van der Waals surface area contributed by atoms with Crippen LogP contribution in [0.3, 0.4) is 0 Å². The highest BCUT2D eigenvalue weighted by Gasteiger charge is 2.13. The summed E-state index contributed by atoms with van der Waals surface area (Å²) < 4.78 is 6.28. The highest BCUT2D eigenvalue weighted by atomic mass is 79.9. The predicted octanol–water partition coefficient (Wildman–Crippen LogP) is 4.11. The zero-order valence-corrected chi connectivity index (χ0v) is 14.6. The summed E-state index contributed by atoms with van der Waals surface area (Å²) in [5.74, 6) is 1.62. The minimum Gasteiger partial charge on any atom is -0.496 e. The van der Waals surface area contributed by atoms with E-state index in [4.69, 9.17) is 10.5 Å². The first-order chi connectivity index (χ1) is 10.1. The van der Waals surface area contributed by atoms with Crippen LogP contribution in [0.5, 0.6) is 5.75 Å². The van der Waals surface area contributed by atoms with E-state index in [1.807, 2.05) is 18.2 Å². The highest BCUT2D eigenvalue weighted by Crippen LogP contribution is 2.25. The average molecular weight is 356 g/mol. The second-order valence-electron chi connectivity index (χ2n) is 5.44. The molecule has 0 spiro atoms. The van der Waals surface area contributed by atoms with Crippen LogP contribution < -0.4 is 10.5 Å². The lowest BCUT2D eigenvalue weighted by Crippen LogP contribution is -2.12. The third-order valence-electron chi connectivity index (χ3n) is 3.73. The largest absolute Gasteiger partial charge is 0.496 e. The van der Waals surface area contributed by atoms with Gasteiger partial charge >= 0.3 is 0 Å². The maximum absolute atomic E-state index is 12.2. The van der Waals surface area contributed by atoms with Gasteiger partial charge in [-0.05, 0) is 43.5 Å². The van der Waals surface area contributed by atoms with Gasteiger partial charge in [0.1, 0.15) is 11.5 Å². The van der Waals surface area contributed by atoms with Crippen LogP contribution in [0.4, 0.5) is 0 Å². The number of carbonyl (C=O) groups is 1. The monoisotopic (exact) mass is 355 g/mol. The lowest BCUT2D eigenvalue weighted by atomic mass is 9.92. The molecule has 2 N–H and O–H groups in total. The maximum atomic E-state index is 12.2. The van der Waals surface area contributed by atoms with E-state index in [0.29, 0.717) is 25.3 Å². The lowest BCUT2D eigenvalue weighted by Gasteiger charge is -2.14. The molecule has 0 heterocycles. The minimum atomic E-state index is 0.268. The summed E-state index contributed by atoms with van der Waals surface area (Å²) in [4.78, 5) is 12.2. The van der Waals surface area contributed by atoms with Gasteiger partial charge < -0.3 is 10.5 Å².